The highest BCUT2D eigenvalue weighted by molar-refractivity contribution is 8.00. The summed E-state index contributed by atoms with van der Waals surface area (Å²) in [5.74, 6) is 1.06. The van der Waals surface area contributed by atoms with E-state index in [9.17, 15) is 9.59 Å². The average molecular weight is 456 g/mol. The Balaban J connectivity index is 1.43. The first-order valence-corrected chi connectivity index (χ1v) is 11.9. The lowest BCUT2D eigenvalue weighted by Crippen LogP contribution is -2.39. The third kappa shape index (κ3) is 5.43. The molecular weight excluding hydrogens is 430 g/mol. The van der Waals surface area contributed by atoms with Gasteiger partial charge in [-0.1, -0.05) is 36.7 Å². The number of anilines is 1. The number of para-hydroxylation sites is 1. The van der Waals surface area contributed by atoms with Crippen LogP contribution in [0.4, 0.5) is 5.69 Å². The minimum Gasteiger partial charge on any atom is -0.341 e. The van der Waals surface area contributed by atoms with Crippen molar-refractivity contribution in [3.05, 3.63) is 59.8 Å². The van der Waals surface area contributed by atoms with Gasteiger partial charge >= 0.3 is 0 Å². The first kappa shape index (κ1) is 21.8. The van der Waals surface area contributed by atoms with Crippen LogP contribution in [0.5, 0.6) is 0 Å². The van der Waals surface area contributed by atoms with Gasteiger partial charge in [0.15, 0.2) is 0 Å². The fraction of sp³-hybridized carbons (Fsp3) is 0.333. The summed E-state index contributed by atoms with van der Waals surface area (Å²) >= 11 is 7.37. The van der Waals surface area contributed by atoms with Gasteiger partial charge in [0, 0.05) is 45.8 Å². The maximum Gasteiger partial charge on any atom is 0.242 e. The van der Waals surface area contributed by atoms with Crippen LogP contribution >= 0.6 is 23.4 Å². The largest absolute Gasteiger partial charge is 0.341 e. The molecule has 0 bridgehead atoms. The highest BCUT2D eigenvalue weighted by Crippen LogP contribution is 2.30. The minimum atomic E-state index is -0.0809. The molecule has 0 unspecified atom stereocenters. The molecule has 7 heteroatoms. The lowest BCUT2D eigenvalue weighted by Gasteiger charge is -2.30. The van der Waals surface area contributed by atoms with Crippen LogP contribution in [0.2, 0.25) is 5.02 Å². The Morgan fingerprint density at radius 3 is 2.55 bits per heavy atom. The highest BCUT2D eigenvalue weighted by Gasteiger charge is 2.21. The van der Waals surface area contributed by atoms with Crippen molar-refractivity contribution < 1.29 is 9.59 Å². The molecule has 1 aliphatic rings. The van der Waals surface area contributed by atoms with Crippen LogP contribution in [0.3, 0.4) is 0 Å². The predicted octanol–water partition coefficient (Wildman–Crippen LogP) is 5.28. The van der Waals surface area contributed by atoms with Gasteiger partial charge in [0.05, 0.1) is 5.75 Å². The summed E-state index contributed by atoms with van der Waals surface area (Å²) in [4.78, 5) is 28.2. The van der Waals surface area contributed by atoms with Gasteiger partial charge in [-0.3, -0.25) is 9.59 Å². The Bertz CT molecular complexity index is 1070. The Labute approximate surface area is 191 Å². The van der Waals surface area contributed by atoms with Gasteiger partial charge in [-0.15, -0.1) is 11.8 Å². The van der Waals surface area contributed by atoms with Crippen molar-refractivity contribution in [2.45, 2.75) is 31.2 Å². The number of hydrogen-bond acceptors (Lipinski definition) is 3. The van der Waals surface area contributed by atoms with E-state index in [-0.39, 0.29) is 17.6 Å². The second-order valence-electron chi connectivity index (χ2n) is 8.05. The Morgan fingerprint density at radius 1 is 1.10 bits per heavy atom. The maximum absolute atomic E-state index is 12.8. The third-order valence-electron chi connectivity index (χ3n) is 5.68. The molecule has 162 valence electrons. The van der Waals surface area contributed by atoms with Crippen molar-refractivity contribution in [3.63, 3.8) is 0 Å². The first-order chi connectivity index (χ1) is 15.0. The van der Waals surface area contributed by atoms with Crippen LogP contribution in [0, 0.1) is 5.92 Å². The molecule has 0 atom stereocenters. The molecule has 2 aromatic carbocycles. The van der Waals surface area contributed by atoms with Crippen molar-refractivity contribution in [2.24, 2.45) is 5.92 Å². The van der Waals surface area contributed by atoms with Gasteiger partial charge < -0.3 is 14.8 Å². The van der Waals surface area contributed by atoms with Gasteiger partial charge in [0.2, 0.25) is 11.8 Å². The zero-order chi connectivity index (χ0) is 21.8. The van der Waals surface area contributed by atoms with Gasteiger partial charge in [0.1, 0.15) is 6.54 Å². The molecule has 1 aromatic heterocycles. The van der Waals surface area contributed by atoms with E-state index < -0.39 is 0 Å². The number of fused-ring (bicyclic) bond motifs is 1. The smallest absolute Gasteiger partial charge is 0.242 e. The Kier molecular flexibility index (Phi) is 6.88. The molecule has 1 aliphatic heterocycles. The van der Waals surface area contributed by atoms with Gasteiger partial charge in [-0.05, 0) is 49.1 Å². The quantitative estimate of drug-likeness (QED) is 0.514. The van der Waals surface area contributed by atoms with E-state index in [0.29, 0.717) is 17.5 Å². The molecule has 1 N–H and O–H groups in total. The fourth-order valence-corrected chi connectivity index (χ4v) is 4.85. The number of aromatic nitrogens is 1. The molecule has 2 amide bonds. The van der Waals surface area contributed by atoms with E-state index >= 15 is 0 Å². The lowest BCUT2D eigenvalue weighted by atomic mass is 9.99. The van der Waals surface area contributed by atoms with Crippen molar-refractivity contribution in [3.8, 4) is 0 Å². The van der Waals surface area contributed by atoms with E-state index in [4.69, 9.17) is 11.6 Å². The summed E-state index contributed by atoms with van der Waals surface area (Å²) in [5.41, 5.74) is 1.74. The van der Waals surface area contributed by atoms with Crippen LogP contribution in [0.25, 0.3) is 10.9 Å². The number of rotatable bonds is 6. The van der Waals surface area contributed by atoms with E-state index in [1.165, 1.54) is 11.8 Å². The van der Waals surface area contributed by atoms with Crippen molar-refractivity contribution in [1.29, 1.82) is 0 Å². The number of amides is 2. The predicted molar refractivity (Wildman–Crippen MR) is 128 cm³/mol. The molecule has 4 rings (SSSR count). The number of likely N-dealkylation sites (tertiary alicyclic amines) is 1. The summed E-state index contributed by atoms with van der Waals surface area (Å²) in [7, 11) is 0. The Morgan fingerprint density at radius 2 is 1.81 bits per heavy atom. The molecule has 1 fully saturated rings. The lowest BCUT2D eigenvalue weighted by molar-refractivity contribution is -0.133. The molecule has 0 radical (unpaired) electrons. The normalized spacial score (nSPS) is 14.7. The second-order valence-corrected chi connectivity index (χ2v) is 9.50. The van der Waals surface area contributed by atoms with Crippen molar-refractivity contribution in [1.82, 2.24) is 9.47 Å². The summed E-state index contributed by atoms with van der Waals surface area (Å²) < 4.78 is 2.01. The molecule has 2 heterocycles. The molecule has 3 aromatic rings. The summed E-state index contributed by atoms with van der Waals surface area (Å²) in [6.07, 6.45) is 4.14. The molecule has 31 heavy (non-hydrogen) atoms. The summed E-state index contributed by atoms with van der Waals surface area (Å²) in [5, 5.41) is 4.58. The van der Waals surface area contributed by atoms with Crippen molar-refractivity contribution in [2.75, 3.05) is 24.2 Å². The highest BCUT2D eigenvalue weighted by atomic mass is 35.5. The van der Waals surface area contributed by atoms with Gasteiger partial charge in [-0.2, -0.15) is 0 Å². The number of piperidine rings is 1. The SMILES string of the molecule is CC1CCN(C(=O)Cn2cc(SCC(=O)Nc3ccc(Cl)cc3)c3ccccc32)CC1. The molecule has 0 saturated carbocycles. The van der Waals surface area contributed by atoms with Crippen LogP contribution < -0.4 is 5.32 Å². The zero-order valence-electron chi connectivity index (χ0n) is 17.5. The van der Waals surface area contributed by atoms with E-state index in [0.717, 1.165) is 47.4 Å². The number of halogens is 1. The minimum absolute atomic E-state index is 0.0809. The maximum atomic E-state index is 12.8. The number of thioether (sulfide) groups is 1. The number of hydrogen-bond donors (Lipinski definition) is 1. The van der Waals surface area contributed by atoms with E-state index in [2.05, 4.69) is 12.2 Å². The monoisotopic (exact) mass is 455 g/mol. The molecule has 1 saturated heterocycles. The summed E-state index contributed by atoms with van der Waals surface area (Å²) in [6, 6.07) is 15.1. The van der Waals surface area contributed by atoms with Crippen LogP contribution in [0.15, 0.2) is 59.6 Å². The van der Waals surface area contributed by atoms with Crippen LogP contribution in [-0.4, -0.2) is 40.1 Å². The molecule has 0 spiro atoms. The van der Waals surface area contributed by atoms with E-state index in [1.54, 1.807) is 24.3 Å². The van der Waals surface area contributed by atoms with Crippen molar-refractivity contribution >= 4 is 51.8 Å². The average Bonchev–Trinajstić information content (AvgIpc) is 3.12. The van der Waals surface area contributed by atoms with E-state index in [1.807, 2.05) is 39.9 Å². The number of carbonyl (C=O) groups is 2. The number of nitrogens with one attached hydrogen (secondary N) is 1. The van der Waals surface area contributed by atoms with Gasteiger partial charge in [0.25, 0.3) is 0 Å². The number of nitrogens with zero attached hydrogens (tertiary/aromatic N) is 2. The number of carbonyl (C=O) groups excluding carboxylic acids is 2. The topological polar surface area (TPSA) is 54.3 Å². The van der Waals surface area contributed by atoms with Crippen LogP contribution in [0.1, 0.15) is 19.8 Å². The summed E-state index contributed by atoms with van der Waals surface area (Å²) in [6.45, 7) is 4.25. The zero-order valence-corrected chi connectivity index (χ0v) is 19.1. The fourth-order valence-electron chi connectivity index (χ4n) is 3.84. The third-order valence-corrected chi connectivity index (χ3v) is 6.98. The molecule has 0 aliphatic carbocycles. The standard InChI is InChI=1S/C24H26ClN3O2S/c1-17-10-12-27(13-11-17)24(30)15-28-14-22(20-4-2-3-5-21(20)28)31-16-23(29)26-19-8-6-18(25)7-9-19/h2-9,14,17H,10-13,15-16H2,1H3,(H,26,29). The van der Waals surface area contributed by atoms with Crippen LogP contribution in [-0.2, 0) is 16.1 Å². The Hall–Kier alpha value is -2.44. The van der Waals surface area contributed by atoms with Gasteiger partial charge in [-0.25, -0.2) is 0 Å². The first-order valence-electron chi connectivity index (χ1n) is 10.5. The second kappa shape index (κ2) is 9.79. The molecule has 5 nitrogen and oxygen atoms in total. The molecular formula is C24H26ClN3O2S. The number of benzene rings is 2.